The van der Waals surface area contributed by atoms with Crippen LogP contribution < -0.4 is 14.9 Å². The van der Waals surface area contributed by atoms with Crippen LogP contribution in [0.5, 0.6) is 11.5 Å². The first-order chi connectivity index (χ1) is 15.9. The van der Waals surface area contributed by atoms with Crippen LogP contribution in [0.15, 0.2) is 64.3 Å². The van der Waals surface area contributed by atoms with E-state index in [1.165, 1.54) is 0 Å². The highest BCUT2D eigenvalue weighted by Crippen LogP contribution is 2.39. The molecule has 2 aromatic carbocycles. The van der Waals surface area contributed by atoms with Crippen LogP contribution in [0.3, 0.4) is 0 Å². The van der Waals surface area contributed by atoms with Crippen LogP contribution in [0.4, 0.5) is 0 Å². The highest BCUT2D eigenvalue weighted by Gasteiger charge is 2.42. The third-order valence-electron chi connectivity index (χ3n) is 5.74. The first-order valence-electron chi connectivity index (χ1n) is 10.9. The van der Waals surface area contributed by atoms with E-state index in [0.29, 0.717) is 41.2 Å². The molecular weight excluding hydrogens is 420 g/mol. The van der Waals surface area contributed by atoms with Crippen LogP contribution >= 0.6 is 0 Å². The Hall–Kier alpha value is -3.58. The van der Waals surface area contributed by atoms with Gasteiger partial charge >= 0.3 is 0 Å². The average Bonchev–Trinajstić information content (AvgIpc) is 3.09. The first kappa shape index (κ1) is 22.6. The summed E-state index contributed by atoms with van der Waals surface area (Å²) < 4.78 is 16.9. The Kier molecular flexibility index (Phi) is 6.51. The van der Waals surface area contributed by atoms with E-state index in [4.69, 9.17) is 13.9 Å². The summed E-state index contributed by atoms with van der Waals surface area (Å²) in [7, 11) is 5.53. The molecule has 0 N–H and O–H groups in total. The van der Waals surface area contributed by atoms with E-state index in [-0.39, 0.29) is 17.1 Å². The zero-order valence-corrected chi connectivity index (χ0v) is 19.2. The summed E-state index contributed by atoms with van der Waals surface area (Å²) >= 11 is 0. The minimum atomic E-state index is -0.522. The lowest BCUT2D eigenvalue weighted by molar-refractivity contribution is 0.0722. The SMILES string of the molecule is C=CCOc1ccc(C2c3c(oc4cc(OC)ccc4c3=O)C(=O)N2CCCN(C)C)cc1. The second-order valence-electron chi connectivity index (χ2n) is 8.26. The molecule has 0 radical (unpaired) electrons. The van der Waals surface area contributed by atoms with Gasteiger partial charge in [0.2, 0.25) is 5.76 Å². The summed E-state index contributed by atoms with van der Waals surface area (Å²) in [6, 6.07) is 12.0. The van der Waals surface area contributed by atoms with Gasteiger partial charge in [-0.3, -0.25) is 9.59 Å². The summed E-state index contributed by atoms with van der Waals surface area (Å²) in [5.74, 6) is 1.08. The number of carbonyl (C=O) groups excluding carboxylic acids is 1. The summed E-state index contributed by atoms with van der Waals surface area (Å²) in [4.78, 5) is 30.8. The van der Waals surface area contributed by atoms with Crippen LogP contribution in [0, 0.1) is 0 Å². The Labute approximate surface area is 192 Å². The van der Waals surface area contributed by atoms with Crippen LogP contribution in [0.25, 0.3) is 11.0 Å². The van der Waals surface area contributed by atoms with Gasteiger partial charge in [0, 0.05) is 12.6 Å². The van der Waals surface area contributed by atoms with E-state index in [2.05, 4.69) is 11.5 Å². The minimum absolute atomic E-state index is 0.0996. The quantitative estimate of drug-likeness (QED) is 0.463. The van der Waals surface area contributed by atoms with E-state index in [0.717, 1.165) is 18.5 Å². The lowest BCUT2D eigenvalue weighted by Gasteiger charge is -2.26. The molecule has 0 saturated heterocycles. The van der Waals surface area contributed by atoms with Gasteiger partial charge in [0.05, 0.1) is 24.1 Å². The van der Waals surface area contributed by atoms with Crippen molar-refractivity contribution < 1.29 is 18.7 Å². The van der Waals surface area contributed by atoms with Crippen LogP contribution in [0.1, 0.15) is 34.1 Å². The molecule has 1 aliphatic rings. The Balaban J connectivity index is 1.81. The largest absolute Gasteiger partial charge is 0.497 e. The molecule has 4 rings (SSSR count). The van der Waals surface area contributed by atoms with Crippen molar-refractivity contribution in [1.29, 1.82) is 0 Å². The van der Waals surface area contributed by atoms with Crippen molar-refractivity contribution in [3.63, 3.8) is 0 Å². The van der Waals surface area contributed by atoms with Crippen molar-refractivity contribution in [2.24, 2.45) is 0 Å². The highest BCUT2D eigenvalue weighted by atomic mass is 16.5. The number of fused-ring (bicyclic) bond motifs is 2. The maximum atomic E-state index is 13.6. The molecule has 1 aromatic heterocycles. The van der Waals surface area contributed by atoms with Crippen molar-refractivity contribution >= 4 is 16.9 Å². The third-order valence-corrected chi connectivity index (χ3v) is 5.74. The molecule has 0 fully saturated rings. The number of methoxy groups -OCH3 is 1. The fourth-order valence-electron chi connectivity index (χ4n) is 4.16. The van der Waals surface area contributed by atoms with E-state index in [1.807, 2.05) is 38.4 Å². The molecule has 1 amide bonds. The molecular formula is C26H28N2O5. The first-order valence-corrected chi connectivity index (χ1v) is 10.9. The van der Waals surface area contributed by atoms with Crippen molar-refractivity contribution in [2.45, 2.75) is 12.5 Å². The maximum Gasteiger partial charge on any atom is 0.290 e. The van der Waals surface area contributed by atoms with Gasteiger partial charge in [0.1, 0.15) is 23.7 Å². The number of benzene rings is 2. The molecule has 2 heterocycles. The predicted octanol–water partition coefficient (Wildman–Crippen LogP) is 3.86. The fraction of sp³-hybridized carbons (Fsp3) is 0.308. The number of rotatable bonds is 9. The number of ether oxygens (including phenoxy) is 2. The van der Waals surface area contributed by atoms with Crippen molar-refractivity contribution in [3.05, 3.63) is 82.2 Å². The van der Waals surface area contributed by atoms with Crippen molar-refractivity contribution in [1.82, 2.24) is 9.80 Å². The molecule has 33 heavy (non-hydrogen) atoms. The summed E-state index contributed by atoms with van der Waals surface area (Å²) in [5, 5.41) is 0.424. The Bertz CT molecular complexity index is 1230. The predicted molar refractivity (Wildman–Crippen MR) is 127 cm³/mol. The standard InChI is InChI=1S/C26H28N2O5/c1-5-15-32-18-9-7-17(8-10-18)23-22-24(29)20-12-11-19(31-4)16-21(20)33-25(22)26(30)28(23)14-6-13-27(2)3/h5,7-12,16,23H,1,6,13-15H2,2-4H3. The fourth-order valence-corrected chi connectivity index (χ4v) is 4.16. The van der Waals surface area contributed by atoms with Crippen LogP contribution in [-0.4, -0.2) is 56.6 Å². The van der Waals surface area contributed by atoms with Gasteiger partial charge in [0.25, 0.3) is 5.91 Å². The van der Waals surface area contributed by atoms with Gasteiger partial charge in [-0.15, -0.1) is 0 Å². The molecule has 7 nitrogen and oxygen atoms in total. The molecule has 0 saturated carbocycles. The second kappa shape index (κ2) is 9.50. The Morgan fingerprint density at radius 3 is 2.52 bits per heavy atom. The molecule has 1 aliphatic heterocycles. The molecule has 3 aromatic rings. The second-order valence-corrected chi connectivity index (χ2v) is 8.26. The van der Waals surface area contributed by atoms with Gasteiger partial charge < -0.3 is 23.7 Å². The van der Waals surface area contributed by atoms with Gasteiger partial charge in [-0.2, -0.15) is 0 Å². The molecule has 7 heteroatoms. The normalized spacial score (nSPS) is 15.2. The van der Waals surface area contributed by atoms with Crippen LogP contribution in [0.2, 0.25) is 0 Å². The number of carbonyl (C=O) groups is 1. The van der Waals surface area contributed by atoms with E-state index in [1.54, 1.807) is 36.3 Å². The monoisotopic (exact) mass is 448 g/mol. The summed E-state index contributed by atoms with van der Waals surface area (Å²) in [6.45, 7) is 5.38. The topological polar surface area (TPSA) is 72.2 Å². The molecule has 0 bridgehead atoms. The summed E-state index contributed by atoms with van der Waals surface area (Å²) in [6.07, 6.45) is 2.45. The highest BCUT2D eigenvalue weighted by molar-refractivity contribution is 5.99. The van der Waals surface area contributed by atoms with E-state index < -0.39 is 6.04 Å². The van der Waals surface area contributed by atoms with Gasteiger partial charge in [-0.1, -0.05) is 24.8 Å². The average molecular weight is 449 g/mol. The van der Waals surface area contributed by atoms with Crippen LogP contribution in [-0.2, 0) is 0 Å². The maximum absolute atomic E-state index is 13.6. The lowest BCUT2D eigenvalue weighted by atomic mass is 9.98. The van der Waals surface area contributed by atoms with E-state index in [9.17, 15) is 9.59 Å². The van der Waals surface area contributed by atoms with Gasteiger partial charge in [0.15, 0.2) is 5.43 Å². The van der Waals surface area contributed by atoms with Crippen molar-refractivity contribution in [2.75, 3.05) is 40.9 Å². The number of hydrogen-bond donors (Lipinski definition) is 0. The number of amides is 1. The van der Waals surface area contributed by atoms with E-state index >= 15 is 0 Å². The zero-order chi connectivity index (χ0) is 23.5. The Morgan fingerprint density at radius 1 is 1.12 bits per heavy atom. The number of hydrogen-bond acceptors (Lipinski definition) is 6. The third kappa shape index (κ3) is 4.36. The zero-order valence-electron chi connectivity index (χ0n) is 19.2. The molecule has 0 spiro atoms. The van der Waals surface area contributed by atoms with Gasteiger partial charge in [-0.25, -0.2) is 0 Å². The summed E-state index contributed by atoms with van der Waals surface area (Å²) in [5.41, 5.74) is 1.35. The molecule has 1 unspecified atom stereocenters. The molecule has 1 atom stereocenters. The smallest absolute Gasteiger partial charge is 0.290 e. The number of nitrogens with zero attached hydrogens (tertiary/aromatic N) is 2. The minimum Gasteiger partial charge on any atom is -0.497 e. The van der Waals surface area contributed by atoms with Gasteiger partial charge in [-0.05, 0) is 56.9 Å². The molecule has 0 aliphatic carbocycles. The Morgan fingerprint density at radius 2 is 1.85 bits per heavy atom. The van der Waals surface area contributed by atoms with Crippen molar-refractivity contribution in [3.8, 4) is 11.5 Å². The molecule has 172 valence electrons. The lowest BCUT2D eigenvalue weighted by Crippen LogP contribution is -2.32.